The first kappa shape index (κ1) is 25.8. The van der Waals surface area contributed by atoms with Crippen LogP contribution in [0.25, 0.3) is 0 Å². The molecular formula is C27H28ClNO4S. The van der Waals surface area contributed by atoms with Crippen LogP contribution in [0, 0.1) is 0 Å². The Morgan fingerprint density at radius 2 is 1.50 bits per heavy atom. The van der Waals surface area contributed by atoms with Crippen LogP contribution in [0.5, 0.6) is 0 Å². The Hall–Kier alpha value is -2.80. The summed E-state index contributed by atoms with van der Waals surface area (Å²) in [6.45, 7) is 3.56. The van der Waals surface area contributed by atoms with Crippen molar-refractivity contribution in [2.75, 3.05) is 0 Å². The zero-order valence-corrected chi connectivity index (χ0v) is 20.9. The van der Waals surface area contributed by atoms with Crippen molar-refractivity contribution in [2.45, 2.75) is 50.6 Å². The first-order chi connectivity index (χ1) is 16.2. The molecule has 0 amide bonds. The lowest BCUT2D eigenvalue weighted by atomic mass is 10.0. The average molecular weight is 498 g/mol. The van der Waals surface area contributed by atoms with Crippen molar-refractivity contribution in [1.82, 2.24) is 4.31 Å². The predicted octanol–water partition coefficient (Wildman–Crippen LogP) is 6.23. The van der Waals surface area contributed by atoms with Gasteiger partial charge in [0.05, 0.1) is 10.9 Å². The molecule has 0 aromatic heterocycles. The molecule has 0 fully saturated rings. The molecule has 0 bridgehead atoms. The van der Waals surface area contributed by atoms with Crippen LogP contribution >= 0.6 is 11.6 Å². The third-order valence-corrected chi connectivity index (χ3v) is 7.78. The number of sulfonamides is 1. The third-order valence-electron chi connectivity index (χ3n) is 5.66. The lowest BCUT2D eigenvalue weighted by Crippen LogP contribution is -2.34. The van der Waals surface area contributed by atoms with Crippen LogP contribution in [-0.4, -0.2) is 24.3 Å². The number of nitrogens with zero attached hydrogens (tertiary/aromatic N) is 1. The van der Waals surface area contributed by atoms with Crippen LogP contribution in [0.1, 0.15) is 60.6 Å². The zero-order valence-electron chi connectivity index (χ0n) is 19.3. The van der Waals surface area contributed by atoms with Crippen LogP contribution in [-0.2, 0) is 21.4 Å². The minimum Gasteiger partial charge on any atom is -0.300 e. The van der Waals surface area contributed by atoms with Gasteiger partial charge in [0, 0.05) is 30.0 Å². The van der Waals surface area contributed by atoms with E-state index in [2.05, 4.69) is 0 Å². The summed E-state index contributed by atoms with van der Waals surface area (Å²) in [5.41, 5.74) is 2.17. The quantitative estimate of drug-likeness (QED) is 0.294. The molecule has 3 aromatic carbocycles. The van der Waals surface area contributed by atoms with Crippen LogP contribution in [0.4, 0.5) is 0 Å². The molecular weight excluding hydrogens is 470 g/mol. The van der Waals surface area contributed by atoms with Crippen molar-refractivity contribution < 1.29 is 18.0 Å². The molecule has 5 nitrogen and oxygen atoms in total. The summed E-state index contributed by atoms with van der Waals surface area (Å²) in [6, 6.07) is 22.2. The van der Waals surface area contributed by atoms with Gasteiger partial charge in [0.2, 0.25) is 10.0 Å². The Labute approximate surface area is 206 Å². The van der Waals surface area contributed by atoms with Crippen LogP contribution in [0.15, 0.2) is 83.8 Å². The number of hydrogen-bond donors (Lipinski definition) is 0. The molecule has 0 saturated carbocycles. The van der Waals surface area contributed by atoms with Crippen molar-refractivity contribution in [3.8, 4) is 0 Å². The maximum atomic E-state index is 13.7. The van der Waals surface area contributed by atoms with E-state index in [1.807, 2.05) is 37.3 Å². The van der Waals surface area contributed by atoms with E-state index < -0.39 is 10.0 Å². The molecule has 3 aromatic rings. The zero-order chi connectivity index (χ0) is 24.7. The summed E-state index contributed by atoms with van der Waals surface area (Å²) >= 11 is 5.98. The molecule has 1 atom stereocenters. The number of ketones is 2. The van der Waals surface area contributed by atoms with Crippen LogP contribution in [0.2, 0.25) is 5.02 Å². The first-order valence-corrected chi connectivity index (χ1v) is 13.0. The summed E-state index contributed by atoms with van der Waals surface area (Å²) in [4.78, 5) is 23.7. The van der Waals surface area contributed by atoms with E-state index in [0.29, 0.717) is 17.0 Å². The average Bonchev–Trinajstić information content (AvgIpc) is 2.83. The Balaban J connectivity index is 1.95. The van der Waals surface area contributed by atoms with Crippen molar-refractivity contribution in [3.63, 3.8) is 0 Å². The number of benzene rings is 3. The van der Waals surface area contributed by atoms with E-state index in [4.69, 9.17) is 11.6 Å². The van der Waals surface area contributed by atoms with Gasteiger partial charge in [-0.15, -0.1) is 0 Å². The molecule has 0 saturated heterocycles. The van der Waals surface area contributed by atoms with Gasteiger partial charge >= 0.3 is 0 Å². The Kier molecular flexibility index (Phi) is 8.78. The van der Waals surface area contributed by atoms with Gasteiger partial charge in [0.1, 0.15) is 5.78 Å². The lowest BCUT2D eigenvalue weighted by molar-refractivity contribution is -0.116. The minimum atomic E-state index is -3.85. The van der Waals surface area contributed by atoms with Gasteiger partial charge in [-0.3, -0.25) is 4.79 Å². The summed E-state index contributed by atoms with van der Waals surface area (Å²) in [7, 11) is -3.85. The number of halogens is 1. The molecule has 0 aliphatic rings. The molecule has 0 radical (unpaired) electrons. The van der Waals surface area contributed by atoms with Crippen LogP contribution in [0.3, 0.4) is 0 Å². The van der Waals surface area contributed by atoms with E-state index in [0.717, 1.165) is 11.1 Å². The molecule has 0 spiro atoms. The van der Waals surface area contributed by atoms with Gasteiger partial charge in [-0.05, 0) is 48.7 Å². The van der Waals surface area contributed by atoms with Crippen LogP contribution < -0.4 is 0 Å². The van der Waals surface area contributed by atoms with Crippen molar-refractivity contribution in [2.24, 2.45) is 0 Å². The van der Waals surface area contributed by atoms with Gasteiger partial charge in [-0.2, -0.15) is 4.31 Å². The highest BCUT2D eigenvalue weighted by molar-refractivity contribution is 7.89. The Morgan fingerprint density at radius 3 is 2.06 bits per heavy atom. The molecule has 1 unspecified atom stereocenters. The van der Waals surface area contributed by atoms with E-state index in [1.54, 1.807) is 36.4 Å². The van der Waals surface area contributed by atoms with Gasteiger partial charge < -0.3 is 4.79 Å². The monoisotopic (exact) mass is 497 g/mol. The highest BCUT2D eigenvalue weighted by atomic mass is 35.5. The minimum absolute atomic E-state index is 0.0282. The Morgan fingerprint density at radius 1 is 0.882 bits per heavy atom. The smallest absolute Gasteiger partial charge is 0.243 e. The standard InChI is InChI=1S/C27H28ClNO4S/c1-3-26(22-7-5-4-6-8-22)29(34(32,33)25-16-14-24(28)15-17-25)19-21-10-12-23(13-11-21)27(31)18-9-20(2)30/h4-8,10-17,26H,3,9,18-19H2,1-2H3. The SMILES string of the molecule is CCC(c1ccccc1)N(Cc1ccc(C(=O)CCC(C)=O)cc1)S(=O)(=O)c1ccc(Cl)cc1. The second kappa shape index (κ2) is 11.6. The first-order valence-electron chi connectivity index (χ1n) is 11.2. The normalized spacial score (nSPS) is 12.5. The maximum absolute atomic E-state index is 13.7. The number of carbonyl (C=O) groups is 2. The fourth-order valence-electron chi connectivity index (χ4n) is 3.80. The molecule has 7 heteroatoms. The molecule has 0 aliphatic carbocycles. The highest BCUT2D eigenvalue weighted by Gasteiger charge is 2.31. The number of rotatable bonds is 11. The fraction of sp³-hybridized carbons (Fsp3) is 0.259. The summed E-state index contributed by atoms with van der Waals surface area (Å²) in [5, 5.41) is 0.464. The van der Waals surface area contributed by atoms with Gasteiger partial charge in [0.15, 0.2) is 5.78 Å². The second-order valence-electron chi connectivity index (χ2n) is 8.16. The number of carbonyl (C=O) groups excluding carboxylic acids is 2. The number of hydrogen-bond acceptors (Lipinski definition) is 4. The molecule has 3 rings (SSSR count). The van der Waals surface area contributed by atoms with Gasteiger partial charge in [0.25, 0.3) is 0 Å². The van der Waals surface area contributed by atoms with E-state index >= 15 is 0 Å². The lowest BCUT2D eigenvalue weighted by Gasteiger charge is -2.31. The van der Waals surface area contributed by atoms with Crippen molar-refractivity contribution in [1.29, 1.82) is 0 Å². The van der Waals surface area contributed by atoms with Crippen molar-refractivity contribution >= 4 is 33.2 Å². The van der Waals surface area contributed by atoms with E-state index in [1.165, 1.54) is 23.4 Å². The summed E-state index contributed by atoms with van der Waals surface area (Å²) < 4.78 is 29.0. The predicted molar refractivity (Wildman–Crippen MR) is 134 cm³/mol. The molecule has 0 aliphatic heterocycles. The molecule has 34 heavy (non-hydrogen) atoms. The molecule has 0 heterocycles. The van der Waals surface area contributed by atoms with Gasteiger partial charge in [-0.1, -0.05) is 73.1 Å². The molecule has 0 N–H and O–H groups in total. The third kappa shape index (κ3) is 6.41. The summed E-state index contributed by atoms with van der Waals surface area (Å²) in [6.07, 6.45) is 0.957. The fourth-order valence-corrected chi connectivity index (χ4v) is 5.60. The number of Topliss-reactive ketones (excluding diaryl/α,β-unsaturated/α-hetero) is 2. The highest BCUT2D eigenvalue weighted by Crippen LogP contribution is 2.32. The maximum Gasteiger partial charge on any atom is 0.243 e. The largest absolute Gasteiger partial charge is 0.300 e. The summed E-state index contributed by atoms with van der Waals surface area (Å²) in [5.74, 6) is -0.136. The van der Waals surface area contributed by atoms with Crippen molar-refractivity contribution in [3.05, 3.63) is 101 Å². The Bertz CT molecular complexity index is 1220. The second-order valence-corrected chi connectivity index (χ2v) is 10.5. The van der Waals surface area contributed by atoms with Gasteiger partial charge in [-0.25, -0.2) is 8.42 Å². The molecule has 178 valence electrons. The van der Waals surface area contributed by atoms with E-state index in [9.17, 15) is 18.0 Å². The topological polar surface area (TPSA) is 71.5 Å². The van der Waals surface area contributed by atoms with E-state index in [-0.39, 0.29) is 41.9 Å².